The summed E-state index contributed by atoms with van der Waals surface area (Å²) < 4.78 is 2.75. The van der Waals surface area contributed by atoms with Crippen molar-refractivity contribution in [1.29, 1.82) is 0 Å². The molecule has 1 rings (SSSR count). The number of carbonyl (C=O) groups excluding carboxylic acids is 1. The van der Waals surface area contributed by atoms with E-state index < -0.39 is 12.0 Å². The zero-order valence-corrected chi connectivity index (χ0v) is 15.1. The van der Waals surface area contributed by atoms with Crippen LogP contribution in [0.5, 0.6) is 0 Å². The molecular weight excluding hydrogens is 563 g/mol. The van der Waals surface area contributed by atoms with Crippen LogP contribution in [-0.2, 0) is 4.79 Å². The topological polar surface area (TPSA) is 66.4 Å². The minimum absolute atomic E-state index is 0.360. The Morgan fingerprint density at radius 2 is 1.88 bits per heavy atom. The highest BCUT2D eigenvalue weighted by Crippen LogP contribution is 2.22. The van der Waals surface area contributed by atoms with E-state index >= 15 is 0 Å². The van der Waals surface area contributed by atoms with Crippen LogP contribution in [-0.4, -0.2) is 23.0 Å². The van der Waals surface area contributed by atoms with Gasteiger partial charge in [0.05, 0.1) is 5.56 Å². The Bertz CT molecular complexity index is 476. The second-order valence-corrected chi connectivity index (χ2v) is 6.77. The average molecular weight is 571 g/mol. The summed E-state index contributed by atoms with van der Waals surface area (Å²) in [6.45, 7) is 1.44. The Morgan fingerprint density at radius 1 is 1.29 bits per heavy atom. The number of hydrogen-bond acceptors (Lipinski definition) is 2. The second-order valence-electron chi connectivity index (χ2n) is 3.28. The SMILES string of the molecule is C[C@H](NC(=O)c1cc(I)cc(I)c1I)C(=O)O. The molecule has 0 aliphatic heterocycles. The maximum Gasteiger partial charge on any atom is 0.325 e. The molecule has 1 aromatic rings. The summed E-state index contributed by atoms with van der Waals surface area (Å²) in [5.74, 6) is -1.41. The maximum absolute atomic E-state index is 11.9. The molecule has 7 heteroatoms. The number of rotatable bonds is 3. The lowest BCUT2D eigenvalue weighted by Crippen LogP contribution is -2.38. The molecule has 1 atom stereocenters. The molecule has 92 valence electrons. The molecule has 17 heavy (non-hydrogen) atoms. The van der Waals surface area contributed by atoms with Gasteiger partial charge in [-0.05, 0) is 86.8 Å². The zero-order valence-electron chi connectivity index (χ0n) is 8.63. The molecule has 0 unspecified atom stereocenters. The summed E-state index contributed by atoms with van der Waals surface area (Å²) in [4.78, 5) is 22.6. The van der Waals surface area contributed by atoms with E-state index in [0.29, 0.717) is 5.56 Å². The number of hydrogen-bond donors (Lipinski definition) is 2. The third-order valence-corrected chi connectivity index (χ3v) is 5.62. The molecule has 1 aromatic carbocycles. The number of carboxylic acid groups (broad SMARTS) is 1. The zero-order chi connectivity index (χ0) is 13.2. The first-order chi connectivity index (χ1) is 7.82. The number of amides is 1. The van der Waals surface area contributed by atoms with Crippen molar-refractivity contribution in [2.75, 3.05) is 0 Å². The van der Waals surface area contributed by atoms with E-state index in [1.165, 1.54) is 6.92 Å². The first-order valence-corrected chi connectivity index (χ1v) is 7.74. The highest BCUT2D eigenvalue weighted by atomic mass is 127. The molecule has 0 aromatic heterocycles. The van der Waals surface area contributed by atoms with E-state index in [1.807, 2.05) is 6.07 Å². The van der Waals surface area contributed by atoms with Gasteiger partial charge in [-0.25, -0.2) is 0 Å². The van der Waals surface area contributed by atoms with Crippen LogP contribution in [0.1, 0.15) is 17.3 Å². The van der Waals surface area contributed by atoms with Crippen LogP contribution in [0.2, 0.25) is 0 Å². The summed E-state index contributed by atoms with van der Waals surface area (Å²) in [7, 11) is 0. The van der Waals surface area contributed by atoms with Crippen molar-refractivity contribution < 1.29 is 14.7 Å². The Hall–Kier alpha value is 0.350. The lowest BCUT2D eigenvalue weighted by atomic mass is 10.2. The van der Waals surface area contributed by atoms with Gasteiger partial charge in [0.1, 0.15) is 6.04 Å². The van der Waals surface area contributed by atoms with Crippen LogP contribution in [0.4, 0.5) is 0 Å². The average Bonchev–Trinajstić information content (AvgIpc) is 2.22. The Labute approximate surface area is 139 Å². The van der Waals surface area contributed by atoms with Crippen molar-refractivity contribution in [2.24, 2.45) is 0 Å². The number of aliphatic carboxylic acids is 1. The molecular formula is C10H8I3NO3. The van der Waals surface area contributed by atoms with Gasteiger partial charge in [-0.3, -0.25) is 9.59 Å². The van der Waals surface area contributed by atoms with Crippen LogP contribution >= 0.6 is 67.8 Å². The lowest BCUT2D eigenvalue weighted by molar-refractivity contribution is -0.138. The van der Waals surface area contributed by atoms with Crippen LogP contribution in [0.25, 0.3) is 0 Å². The van der Waals surface area contributed by atoms with Gasteiger partial charge in [0.25, 0.3) is 5.91 Å². The van der Waals surface area contributed by atoms with Crippen molar-refractivity contribution >= 4 is 79.6 Å². The van der Waals surface area contributed by atoms with Gasteiger partial charge >= 0.3 is 5.97 Å². The van der Waals surface area contributed by atoms with Gasteiger partial charge in [0.15, 0.2) is 0 Å². The first kappa shape index (κ1) is 15.4. The highest BCUT2D eigenvalue weighted by molar-refractivity contribution is 14.1. The largest absolute Gasteiger partial charge is 0.480 e. The number of carboxylic acids is 1. The van der Waals surface area contributed by atoms with Gasteiger partial charge < -0.3 is 10.4 Å². The normalized spacial score (nSPS) is 12.0. The molecule has 0 fully saturated rings. The Kier molecular flexibility index (Phi) is 5.89. The Morgan fingerprint density at radius 3 is 2.41 bits per heavy atom. The van der Waals surface area contributed by atoms with Crippen LogP contribution in [0.3, 0.4) is 0 Å². The van der Waals surface area contributed by atoms with Crippen molar-refractivity contribution in [3.63, 3.8) is 0 Å². The summed E-state index contributed by atoms with van der Waals surface area (Å²) in [5, 5.41) is 11.2. The minimum Gasteiger partial charge on any atom is -0.480 e. The van der Waals surface area contributed by atoms with E-state index in [-0.39, 0.29) is 5.91 Å². The fourth-order valence-corrected chi connectivity index (χ4v) is 3.46. The van der Waals surface area contributed by atoms with Crippen molar-refractivity contribution in [3.05, 3.63) is 28.4 Å². The van der Waals surface area contributed by atoms with Crippen molar-refractivity contribution in [2.45, 2.75) is 13.0 Å². The molecule has 0 bridgehead atoms. The van der Waals surface area contributed by atoms with E-state index in [4.69, 9.17) is 5.11 Å². The molecule has 0 aliphatic carbocycles. The molecule has 4 nitrogen and oxygen atoms in total. The Balaban J connectivity index is 3.01. The van der Waals surface area contributed by atoms with Crippen LogP contribution < -0.4 is 5.32 Å². The molecule has 2 N–H and O–H groups in total. The van der Waals surface area contributed by atoms with Crippen LogP contribution in [0, 0.1) is 10.7 Å². The van der Waals surface area contributed by atoms with Crippen molar-refractivity contribution in [3.8, 4) is 0 Å². The smallest absolute Gasteiger partial charge is 0.325 e. The summed E-state index contributed by atoms with van der Waals surface area (Å²) in [6, 6.07) is 2.81. The molecule has 0 heterocycles. The summed E-state index contributed by atoms with van der Waals surface area (Å²) in [5.41, 5.74) is 0.509. The first-order valence-electron chi connectivity index (χ1n) is 4.51. The van der Waals surface area contributed by atoms with Gasteiger partial charge in [0.2, 0.25) is 0 Å². The van der Waals surface area contributed by atoms with Crippen molar-refractivity contribution in [1.82, 2.24) is 5.32 Å². The third-order valence-electron chi connectivity index (χ3n) is 1.96. The van der Waals surface area contributed by atoms with Gasteiger partial charge in [-0.15, -0.1) is 0 Å². The number of benzene rings is 1. The molecule has 1 amide bonds. The minimum atomic E-state index is -1.05. The monoisotopic (exact) mass is 571 g/mol. The maximum atomic E-state index is 11.9. The summed E-state index contributed by atoms with van der Waals surface area (Å²) >= 11 is 6.35. The predicted molar refractivity (Wildman–Crippen MR) is 89.2 cm³/mol. The quantitative estimate of drug-likeness (QED) is 0.434. The number of carbonyl (C=O) groups is 2. The standard InChI is InChI=1S/C10H8I3NO3/c1-4(10(16)17)14-9(15)6-2-5(11)3-7(12)8(6)13/h2-4H,1H3,(H,14,15)(H,16,17)/t4-/m0/s1. The highest BCUT2D eigenvalue weighted by Gasteiger charge is 2.18. The van der Waals surface area contributed by atoms with E-state index in [0.717, 1.165) is 10.7 Å². The predicted octanol–water partition coefficient (Wildman–Crippen LogP) is 2.70. The molecule has 0 spiro atoms. The number of nitrogens with one attached hydrogen (secondary N) is 1. The molecule has 0 saturated carbocycles. The molecule has 0 aliphatic rings. The van der Waals surface area contributed by atoms with Crippen LogP contribution in [0.15, 0.2) is 12.1 Å². The van der Waals surface area contributed by atoms with Gasteiger partial charge in [-0.1, -0.05) is 0 Å². The third kappa shape index (κ3) is 4.19. The van der Waals surface area contributed by atoms with E-state index in [9.17, 15) is 9.59 Å². The molecule has 0 radical (unpaired) electrons. The fourth-order valence-electron chi connectivity index (χ4n) is 1.06. The lowest BCUT2D eigenvalue weighted by Gasteiger charge is -2.11. The van der Waals surface area contributed by atoms with E-state index in [1.54, 1.807) is 6.07 Å². The van der Waals surface area contributed by atoms with E-state index in [2.05, 4.69) is 73.1 Å². The second kappa shape index (κ2) is 6.50. The summed E-state index contributed by atoms with van der Waals surface area (Å²) in [6.07, 6.45) is 0. The fraction of sp³-hybridized carbons (Fsp3) is 0.200. The van der Waals surface area contributed by atoms with Gasteiger partial charge in [-0.2, -0.15) is 0 Å². The van der Waals surface area contributed by atoms with Gasteiger partial charge in [0, 0.05) is 10.7 Å². The molecule has 0 saturated heterocycles. The number of halogens is 3.